The lowest BCUT2D eigenvalue weighted by molar-refractivity contribution is -0.141. The minimum absolute atomic E-state index is 0.186. The number of hydrogen-bond acceptors (Lipinski definition) is 8. The molecule has 3 saturated heterocycles. The lowest BCUT2D eigenvalue weighted by Crippen LogP contribution is -2.59. The van der Waals surface area contributed by atoms with Gasteiger partial charge < -0.3 is 10.1 Å². The van der Waals surface area contributed by atoms with Crippen LogP contribution in [0, 0.1) is 11.8 Å². The van der Waals surface area contributed by atoms with Crippen LogP contribution >= 0.6 is 11.8 Å². The summed E-state index contributed by atoms with van der Waals surface area (Å²) in [7, 11) is 0. The number of hydrogen-bond donors (Lipinski definition) is 4. The maximum absolute atomic E-state index is 12.6. The summed E-state index contributed by atoms with van der Waals surface area (Å²) in [6, 6.07) is 0. The summed E-state index contributed by atoms with van der Waals surface area (Å²) in [5, 5.41) is 9.62. The van der Waals surface area contributed by atoms with Gasteiger partial charge in [0, 0.05) is 19.6 Å². The molecule has 0 spiro atoms. The lowest BCUT2D eigenvalue weighted by atomic mass is 10.0. The number of alkyl halides is 3. The van der Waals surface area contributed by atoms with Gasteiger partial charge >= 0.3 is 12.3 Å². The third-order valence-electron chi connectivity index (χ3n) is 5.05. The van der Waals surface area contributed by atoms with E-state index in [2.05, 4.69) is 20.8 Å². The highest BCUT2D eigenvalue weighted by Crippen LogP contribution is 2.31. The van der Waals surface area contributed by atoms with E-state index < -0.39 is 42.5 Å². The second-order valence-electron chi connectivity index (χ2n) is 7.16. The Hall–Kier alpha value is -1.57. The van der Waals surface area contributed by atoms with Crippen molar-refractivity contribution in [3.8, 4) is 0 Å². The standard InChI is InChI=1S/C16H24F3N5O4S/c17-16(18,19)3-5-28-15(27)23-13(26)10-2-6-29-14(10)22-12(25)9-7-20-11-1-4-21-24(11)8-9/h9-11,14,20-21H,1-8H2,(H,22,25)(H,23,26,27). The zero-order valence-electron chi connectivity index (χ0n) is 15.6. The molecule has 0 radical (unpaired) electrons. The van der Waals surface area contributed by atoms with E-state index in [0.29, 0.717) is 25.3 Å². The van der Waals surface area contributed by atoms with E-state index in [1.807, 2.05) is 10.3 Å². The number of nitrogens with zero attached hydrogens (tertiary/aromatic N) is 1. The summed E-state index contributed by atoms with van der Waals surface area (Å²) in [5.74, 6) is -1.18. The summed E-state index contributed by atoms with van der Waals surface area (Å²) in [6.07, 6.45) is -5.32. The van der Waals surface area contributed by atoms with Gasteiger partial charge in [0.15, 0.2) is 0 Å². The molecule has 0 saturated carbocycles. The first kappa shape index (κ1) is 22.1. The predicted molar refractivity (Wildman–Crippen MR) is 97.3 cm³/mol. The number of imide groups is 1. The summed E-state index contributed by atoms with van der Waals surface area (Å²) >= 11 is 1.40. The molecule has 0 bridgehead atoms. The summed E-state index contributed by atoms with van der Waals surface area (Å²) in [5.41, 5.74) is 3.21. The van der Waals surface area contributed by atoms with Crippen LogP contribution in [0.2, 0.25) is 0 Å². The molecule has 3 aliphatic rings. The molecule has 13 heteroatoms. The van der Waals surface area contributed by atoms with Gasteiger partial charge in [0.2, 0.25) is 11.8 Å². The van der Waals surface area contributed by atoms with Crippen LogP contribution in [0.25, 0.3) is 0 Å². The van der Waals surface area contributed by atoms with Gasteiger partial charge in [-0.15, -0.1) is 11.8 Å². The van der Waals surface area contributed by atoms with Gasteiger partial charge in [0.25, 0.3) is 0 Å². The zero-order chi connectivity index (χ0) is 21.0. The molecule has 0 aromatic carbocycles. The van der Waals surface area contributed by atoms with Crippen molar-refractivity contribution in [1.82, 2.24) is 26.4 Å². The Morgan fingerprint density at radius 3 is 2.76 bits per heavy atom. The Morgan fingerprint density at radius 2 is 2.00 bits per heavy atom. The third-order valence-corrected chi connectivity index (χ3v) is 6.33. The Bertz CT molecular complexity index is 638. The first-order valence-electron chi connectivity index (χ1n) is 9.43. The number of hydrazine groups is 1. The monoisotopic (exact) mass is 439 g/mol. The minimum Gasteiger partial charge on any atom is -0.449 e. The molecule has 4 atom stereocenters. The number of nitrogens with one attached hydrogen (secondary N) is 4. The number of rotatable bonds is 5. The fourth-order valence-corrected chi connectivity index (χ4v) is 4.85. The van der Waals surface area contributed by atoms with Gasteiger partial charge in [0.05, 0.1) is 29.8 Å². The number of amides is 3. The summed E-state index contributed by atoms with van der Waals surface area (Å²) in [4.78, 5) is 36.5. The van der Waals surface area contributed by atoms with E-state index in [0.717, 1.165) is 13.0 Å². The maximum atomic E-state index is 12.6. The van der Waals surface area contributed by atoms with Crippen LogP contribution in [0.15, 0.2) is 0 Å². The molecule has 0 aromatic rings. The number of carbonyl (C=O) groups is 3. The molecular formula is C16H24F3N5O4S. The maximum Gasteiger partial charge on any atom is 0.413 e. The Kier molecular flexibility index (Phi) is 7.24. The number of ether oxygens (including phenoxy) is 1. The van der Waals surface area contributed by atoms with Crippen LogP contribution in [0.1, 0.15) is 19.3 Å². The lowest BCUT2D eigenvalue weighted by Gasteiger charge is -2.35. The van der Waals surface area contributed by atoms with E-state index in [1.54, 1.807) is 0 Å². The van der Waals surface area contributed by atoms with Crippen molar-refractivity contribution in [2.45, 2.75) is 37.0 Å². The molecule has 3 fully saturated rings. The minimum atomic E-state index is -4.44. The summed E-state index contributed by atoms with van der Waals surface area (Å²) in [6.45, 7) is 1.09. The molecule has 9 nitrogen and oxygen atoms in total. The highest BCUT2D eigenvalue weighted by atomic mass is 32.2. The SMILES string of the molecule is O=C(NC(=O)C1CCSC1NC(=O)C1CNC2CCNN2C1)OCCC(F)(F)F. The fraction of sp³-hybridized carbons (Fsp3) is 0.812. The second kappa shape index (κ2) is 9.49. The van der Waals surface area contributed by atoms with Gasteiger partial charge in [-0.25, -0.2) is 9.80 Å². The van der Waals surface area contributed by atoms with Crippen LogP contribution in [0.3, 0.4) is 0 Å². The topological polar surface area (TPSA) is 112 Å². The van der Waals surface area contributed by atoms with Gasteiger partial charge in [0.1, 0.15) is 6.61 Å². The van der Waals surface area contributed by atoms with Crippen molar-refractivity contribution in [3.63, 3.8) is 0 Å². The molecule has 4 unspecified atom stereocenters. The van der Waals surface area contributed by atoms with Gasteiger partial charge in [-0.05, 0) is 18.6 Å². The number of thioether (sulfide) groups is 1. The molecule has 164 valence electrons. The Balaban J connectivity index is 1.44. The second-order valence-corrected chi connectivity index (χ2v) is 8.41. The number of carbonyl (C=O) groups excluding carboxylic acids is 3. The van der Waals surface area contributed by atoms with E-state index in [1.165, 1.54) is 11.8 Å². The van der Waals surface area contributed by atoms with Crippen molar-refractivity contribution in [2.75, 3.05) is 32.0 Å². The van der Waals surface area contributed by atoms with Crippen molar-refractivity contribution in [2.24, 2.45) is 11.8 Å². The molecule has 3 amide bonds. The normalized spacial score (nSPS) is 29.9. The van der Waals surface area contributed by atoms with Crippen molar-refractivity contribution < 1.29 is 32.3 Å². The molecular weight excluding hydrogens is 415 g/mol. The van der Waals surface area contributed by atoms with Crippen molar-refractivity contribution >= 4 is 29.7 Å². The average molecular weight is 439 g/mol. The highest BCUT2D eigenvalue weighted by molar-refractivity contribution is 8.00. The van der Waals surface area contributed by atoms with Gasteiger partial charge in [-0.2, -0.15) is 13.2 Å². The molecule has 3 rings (SSSR count). The average Bonchev–Trinajstić information content (AvgIpc) is 3.28. The smallest absolute Gasteiger partial charge is 0.413 e. The van der Waals surface area contributed by atoms with Crippen LogP contribution in [-0.2, 0) is 14.3 Å². The largest absolute Gasteiger partial charge is 0.449 e. The number of halogens is 3. The molecule has 0 aromatic heterocycles. The van der Waals surface area contributed by atoms with E-state index in [4.69, 9.17) is 0 Å². The Labute approximate surface area is 169 Å². The number of fused-ring (bicyclic) bond motifs is 1. The van der Waals surface area contributed by atoms with E-state index in [-0.39, 0.29) is 18.0 Å². The predicted octanol–water partition coefficient (Wildman–Crippen LogP) is 0.143. The van der Waals surface area contributed by atoms with Crippen molar-refractivity contribution in [3.05, 3.63) is 0 Å². The van der Waals surface area contributed by atoms with Gasteiger partial charge in [-0.3, -0.25) is 25.6 Å². The molecule has 3 aliphatic heterocycles. The van der Waals surface area contributed by atoms with Gasteiger partial charge in [-0.1, -0.05) is 0 Å². The fourth-order valence-electron chi connectivity index (χ4n) is 3.52. The Morgan fingerprint density at radius 1 is 1.21 bits per heavy atom. The summed E-state index contributed by atoms with van der Waals surface area (Å²) < 4.78 is 40.6. The first-order chi connectivity index (χ1) is 13.7. The van der Waals surface area contributed by atoms with Crippen LogP contribution in [0.5, 0.6) is 0 Å². The van der Waals surface area contributed by atoms with Crippen LogP contribution in [-0.4, -0.2) is 72.6 Å². The highest BCUT2D eigenvalue weighted by Gasteiger charge is 2.39. The van der Waals surface area contributed by atoms with Crippen molar-refractivity contribution in [1.29, 1.82) is 0 Å². The third kappa shape index (κ3) is 6.20. The molecule has 3 heterocycles. The molecule has 0 aliphatic carbocycles. The zero-order valence-corrected chi connectivity index (χ0v) is 16.4. The number of alkyl carbamates (subject to hydrolysis) is 1. The van der Waals surface area contributed by atoms with Crippen LogP contribution in [0.4, 0.5) is 18.0 Å². The molecule has 4 N–H and O–H groups in total. The quantitative estimate of drug-likeness (QED) is 0.479. The first-order valence-corrected chi connectivity index (χ1v) is 10.5. The van der Waals surface area contributed by atoms with E-state index in [9.17, 15) is 27.6 Å². The van der Waals surface area contributed by atoms with Crippen LogP contribution < -0.4 is 21.4 Å². The van der Waals surface area contributed by atoms with E-state index >= 15 is 0 Å². The molecule has 29 heavy (non-hydrogen) atoms.